The van der Waals surface area contributed by atoms with Gasteiger partial charge >= 0.3 is 5.97 Å². The second-order valence-electron chi connectivity index (χ2n) is 9.13. The van der Waals surface area contributed by atoms with Crippen LogP contribution in [0.15, 0.2) is 66.7 Å². The van der Waals surface area contributed by atoms with Crippen LogP contribution in [0.2, 0.25) is 5.02 Å². The van der Waals surface area contributed by atoms with E-state index in [4.69, 9.17) is 16.3 Å². The monoisotopic (exact) mass is 489 g/mol. The molecule has 2 heterocycles. The van der Waals surface area contributed by atoms with Crippen molar-refractivity contribution >= 4 is 28.6 Å². The normalized spacial score (nSPS) is 14.9. The zero-order valence-corrected chi connectivity index (χ0v) is 20.2. The number of rotatable bonds is 8. The van der Waals surface area contributed by atoms with Gasteiger partial charge in [-0.3, -0.25) is 4.90 Å². The Morgan fingerprint density at radius 2 is 1.80 bits per heavy atom. The predicted octanol–water partition coefficient (Wildman–Crippen LogP) is 6.26. The lowest BCUT2D eigenvalue weighted by Crippen LogP contribution is -2.33. The maximum atomic E-state index is 11.2. The third-order valence-corrected chi connectivity index (χ3v) is 6.93. The topological polar surface area (TPSA) is 78.5 Å². The van der Waals surface area contributed by atoms with Crippen LogP contribution in [0.4, 0.5) is 0 Å². The van der Waals surface area contributed by atoms with Crippen LogP contribution in [0, 0.1) is 5.92 Å². The van der Waals surface area contributed by atoms with Gasteiger partial charge in [0.05, 0.1) is 23.2 Å². The number of halogens is 1. The number of aromatic amines is 1. The summed E-state index contributed by atoms with van der Waals surface area (Å²) in [5, 5.41) is 9.96. The van der Waals surface area contributed by atoms with Crippen molar-refractivity contribution in [2.45, 2.75) is 25.8 Å². The van der Waals surface area contributed by atoms with Gasteiger partial charge in [0.2, 0.25) is 0 Å². The number of carboxylic acid groups (broad SMARTS) is 1. The summed E-state index contributed by atoms with van der Waals surface area (Å²) in [5.41, 5.74) is 3.93. The molecule has 1 fully saturated rings. The zero-order valence-electron chi connectivity index (χ0n) is 19.4. The molecule has 1 saturated heterocycles. The molecule has 4 aromatic rings. The Morgan fingerprint density at radius 1 is 1.06 bits per heavy atom. The predicted molar refractivity (Wildman–Crippen MR) is 138 cm³/mol. The van der Waals surface area contributed by atoms with E-state index in [9.17, 15) is 9.90 Å². The molecule has 6 nitrogen and oxygen atoms in total. The fourth-order valence-corrected chi connectivity index (χ4v) is 4.74. The minimum absolute atomic E-state index is 0.240. The molecule has 3 aromatic carbocycles. The summed E-state index contributed by atoms with van der Waals surface area (Å²) in [6.07, 6.45) is 3.46. The first kappa shape index (κ1) is 23.4. The number of nitrogens with zero attached hydrogens (tertiary/aromatic N) is 2. The SMILES string of the molecule is O=C(O)c1ccc2nc(-c3ccc(OCCC4CCN(Cc5ccc(Cl)cc5)CC4)cc3)[nH]c2c1. The molecule has 0 radical (unpaired) electrons. The van der Waals surface area contributed by atoms with Crippen molar-refractivity contribution in [1.29, 1.82) is 0 Å². The third-order valence-electron chi connectivity index (χ3n) is 6.68. The molecule has 7 heteroatoms. The number of ether oxygens (including phenoxy) is 1. The van der Waals surface area contributed by atoms with E-state index in [1.54, 1.807) is 18.2 Å². The quantitative estimate of drug-likeness (QED) is 0.305. The number of aromatic carboxylic acids is 1. The summed E-state index contributed by atoms with van der Waals surface area (Å²) < 4.78 is 6.01. The molecule has 0 saturated carbocycles. The highest BCUT2D eigenvalue weighted by molar-refractivity contribution is 6.30. The van der Waals surface area contributed by atoms with Crippen molar-refractivity contribution in [2.24, 2.45) is 5.92 Å². The number of nitrogens with one attached hydrogen (secondary N) is 1. The Kier molecular flexibility index (Phi) is 7.02. The van der Waals surface area contributed by atoms with Gasteiger partial charge in [0.15, 0.2) is 0 Å². The summed E-state index contributed by atoms with van der Waals surface area (Å²) in [5.74, 6) is 1.30. The van der Waals surface area contributed by atoms with Gasteiger partial charge in [0, 0.05) is 17.1 Å². The number of hydrogen-bond donors (Lipinski definition) is 2. The van der Waals surface area contributed by atoms with Gasteiger partial charge in [-0.2, -0.15) is 0 Å². The van der Waals surface area contributed by atoms with Crippen molar-refractivity contribution in [3.63, 3.8) is 0 Å². The number of likely N-dealkylation sites (tertiary alicyclic amines) is 1. The van der Waals surface area contributed by atoms with Crippen molar-refractivity contribution in [1.82, 2.24) is 14.9 Å². The Hall–Kier alpha value is -3.35. The first-order chi connectivity index (χ1) is 17.0. The molecule has 0 atom stereocenters. The van der Waals surface area contributed by atoms with E-state index in [1.807, 2.05) is 36.4 Å². The van der Waals surface area contributed by atoms with Gasteiger partial charge < -0.3 is 14.8 Å². The third kappa shape index (κ3) is 5.84. The zero-order chi connectivity index (χ0) is 24.2. The van der Waals surface area contributed by atoms with Crippen LogP contribution in [0.3, 0.4) is 0 Å². The molecule has 35 heavy (non-hydrogen) atoms. The van der Waals surface area contributed by atoms with Gasteiger partial charge in [-0.15, -0.1) is 0 Å². The molecule has 0 unspecified atom stereocenters. The van der Waals surface area contributed by atoms with Crippen LogP contribution in [0.25, 0.3) is 22.4 Å². The van der Waals surface area contributed by atoms with Crippen LogP contribution >= 0.6 is 11.6 Å². The largest absolute Gasteiger partial charge is 0.494 e. The van der Waals surface area contributed by atoms with Crippen LogP contribution in [0.5, 0.6) is 5.75 Å². The molecule has 0 amide bonds. The van der Waals surface area contributed by atoms with E-state index in [1.165, 1.54) is 18.4 Å². The molecular weight excluding hydrogens is 462 g/mol. The number of aromatic nitrogens is 2. The van der Waals surface area contributed by atoms with E-state index in [-0.39, 0.29) is 5.56 Å². The Balaban J connectivity index is 1.08. The van der Waals surface area contributed by atoms with Gasteiger partial charge in [-0.05, 0) is 98.4 Å². The van der Waals surface area contributed by atoms with Crippen LogP contribution in [0.1, 0.15) is 35.2 Å². The van der Waals surface area contributed by atoms with E-state index in [2.05, 4.69) is 27.0 Å². The molecule has 0 bridgehead atoms. The molecule has 2 N–H and O–H groups in total. The second-order valence-corrected chi connectivity index (χ2v) is 9.57. The number of piperidine rings is 1. The van der Waals surface area contributed by atoms with E-state index < -0.39 is 5.97 Å². The second kappa shape index (κ2) is 10.5. The minimum Gasteiger partial charge on any atom is -0.494 e. The fourth-order valence-electron chi connectivity index (χ4n) is 4.61. The Labute approximate surface area is 209 Å². The van der Waals surface area contributed by atoms with Gasteiger partial charge in [0.1, 0.15) is 11.6 Å². The summed E-state index contributed by atoms with van der Waals surface area (Å²) in [6.45, 7) is 3.93. The van der Waals surface area contributed by atoms with Gasteiger partial charge in [-0.25, -0.2) is 9.78 Å². The smallest absolute Gasteiger partial charge is 0.335 e. The standard InChI is InChI=1S/C28H28ClN3O3/c29-23-6-1-20(2-7-23)18-32-14-11-19(12-15-32)13-16-35-24-8-3-21(4-9-24)27-30-25-10-5-22(28(33)34)17-26(25)31-27/h1-10,17,19H,11-16,18H2,(H,30,31)(H,33,34). The molecule has 1 aromatic heterocycles. The first-order valence-electron chi connectivity index (χ1n) is 12.0. The molecule has 5 rings (SSSR count). The van der Waals surface area contributed by atoms with E-state index >= 15 is 0 Å². The van der Waals surface area contributed by atoms with Crippen LogP contribution in [-0.4, -0.2) is 45.6 Å². The van der Waals surface area contributed by atoms with Crippen molar-refractivity contribution in [2.75, 3.05) is 19.7 Å². The summed E-state index contributed by atoms with van der Waals surface area (Å²) in [4.78, 5) is 21.5. The number of benzene rings is 3. The number of hydrogen-bond acceptors (Lipinski definition) is 4. The maximum absolute atomic E-state index is 11.2. The fraction of sp³-hybridized carbons (Fsp3) is 0.286. The van der Waals surface area contributed by atoms with Gasteiger partial charge in [-0.1, -0.05) is 23.7 Å². The number of fused-ring (bicyclic) bond motifs is 1. The highest BCUT2D eigenvalue weighted by atomic mass is 35.5. The summed E-state index contributed by atoms with van der Waals surface area (Å²) in [7, 11) is 0. The summed E-state index contributed by atoms with van der Waals surface area (Å²) in [6, 6.07) is 20.9. The van der Waals surface area contributed by atoms with Gasteiger partial charge in [0.25, 0.3) is 0 Å². The molecule has 0 aliphatic carbocycles. The maximum Gasteiger partial charge on any atom is 0.335 e. The number of carboxylic acids is 1. The van der Waals surface area contributed by atoms with Crippen molar-refractivity contribution in [3.8, 4) is 17.1 Å². The minimum atomic E-state index is -0.951. The van der Waals surface area contributed by atoms with E-state index in [0.29, 0.717) is 23.9 Å². The number of H-pyrrole nitrogens is 1. The van der Waals surface area contributed by atoms with E-state index in [0.717, 1.165) is 47.9 Å². The Bertz CT molecular complexity index is 1290. The van der Waals surface area contributed by atoms with Crippen LogP contribution in [-0.2, 0) is 6.54 Å². The highest BCUT2D eigenvalue weighted by Crippen LogP contribution is 2.25. The average molecular weight is 490 g/mol. The lowest BCUT2D eigenvalue weighted by molar-refractivity contribution is 0.0697. The average Bonchev–Trinajstić information content (AvgIpc) is 3.30. The molecule has 1 aliphatic heterocycles. The lowest BCUT2D eigenvalue weighted by atomic mass is 9.93. The highest BCUT2D eigenvalue weighted by Gasteiger charge is 2.19. The molecule has 1 aliphatic rings. The molecule has 0 spiro atoms. The first-order valence-corrected chi connectivity index (χ1v) is 12.3. The summed E-state index contributed by atoms with van der Waals surface area (Å²) >= 11 is 5.98. The van der Waals surface area contributed by atoms with Crippen molar-refractivity contribution < 1.29 is 14.6 Å². The Morgan fingerprint density at radius 3 is 2.51 bits per heavy atom. The lowest BCUT2D eigenvalue weighted by Gasteiger charge is -2.32. The van der Waals surface area contributed by atoms with Crippen LogP contribution < -0.4 is 4.74 Å². The molecule has 180 valence electrons. The molecular formula is C28H28ClN3O3. The van der Waals surface area contributed by atoms with Crippen molar-refractivity contribution in [3.05, 3.63) is 82.9 Å². The number of imidazole rings is 1. The number of carbonyl (C=O) groups is 1.